The summed E-state index contributed by atoms with van der Waals surface area (Å²) in [5, 5.41) is 0. The molecule has 0 fully saturated rings. The Bertz CT molecular complexity index is 145. The molecule has 0 amide bonds. The molecule has 13 heavy (non-hydrogen) atoms. The van der Waals surface area contributed by atoms with Crippen LogP contribution in [0.5, 0.6) is 0 Å². The van der Waals surface area contributed by atoms with Crippen molar-refractivity contribution in [3.8, 4) is 0 Å². The zero-order valence-corrected chi connectivity index (χ0v) is 10.8. The van der Waals surface area contributed by atoms with E-state index in [2.05, 4.69) is 32.1 Å². The summed E-state index contributed by atoms with van der Waals surface area (Å²) in [7, 11) is 0. The second-order valence-electron chi connectivity index (χ2n) is 2.95. The van der Waals surface area contributed by atoms with Crippen LogP contribution >= 0.6 is 0 Å². The molecule has 0 saturated heterocycles. The molecule has 0 bridgehead atoms. The monoisotopic (exact) mass is 359 g/mol. The summed E-state index contributed by atoms with van der Waals surface area (Å²) in [6.45, 7) is 9.43. The fraction of sp³-hybridized carbons (Fsp3) is 0.500. The first-order valence-corrected chi connectivity index (χ1v) is 4.76. The molecular weight excluding hydrogens is 339 g/mol. The van der Waals surface area contributed by atoms with E-state index >= 15 is 0 Å². The van der Waals surface area contributed by atoms with E-state index < -0.39 is 0 Å². The minimum Gasteiger partial charge on any atom is -0.344 e. The van der Waals surface area contributed by atoms with E-state index in [1.165, 1.54) is 24.8 Å². The minimum absolute atomic E-state index is 0. The Labute approximate surface area is 97.8 Å². The van der Waals surface area contributed by atoms with Gasteiger partial charge in [-0.05, 0) is 12.8 Å². The van der Waals surface area contributed by atoms with Gasteiger partial charge in [0.25, 0.3) is 0 Å². The van der Waals surface area contributed by atoms with Gasteiger partial charge in [0, 0.05) is 0 Å². The van der Waals surface area contributed by atoms with Crippen LogP contribution in [0.4, 0.5) is 0 Å². The first-order valence-electron chi connectivity index (χ1n) is 4.76. The molecule has 0 N–H and O–H groups in total. The zero-order valence-electron chi connectivity index (χ0n) is 8.50. The Morgan fingerprint density at radius 3 is 2.38 bits per heavy atom. The number of hydrogen-bond acceptors (Lipinski definition) is 0. The fourth-order valence-electron chi connectivity index (χ4n) is 0.990. The molecule has 78 valence electrons. The third-order valence-corrected chi connectivity index (χ3v) is 1.57. The number of hydrogen-bond donors (Lipinski definition) is 0. The summed E-state index contributed by atoms with van der Waals surface area (Å²) in [6.07, 6.45) is 12.4. The molecule has 1 aliphatic carbocycles. The average molecular weight is 359 g/mol. The summed E-state index contributed by atoms with van der Waals surface area (Å²) in [6, 6.07) is 0. The largest absolute Gasteiger partial charge is 2.00 e. The van der Waals surface area contributed by atoms with Crippen LogP contribution in [0.1, 0.15) is 39.0 Å². The van der Waals surface area contributed by atoms with Crippen LogP contribution in [0.2, 0.25) is 0 Å². The first-order chi connectivity index (χ1) is 5.81. The second kappa shape index (κ2) is 12.0. The Morgan fingerprint density at radius 2 is 1.77 bits per heavy atom. The smallest absolute Gasteiger partial charge is 0.344 e. The summed E-state index contributed by atoms with van der Waals surface area (Å²) >= 11 is 0. The molecule has 1 rings (SSSR count). The van der Waals surface area contributed by atoms with Crippen LogP contribution in [0.15, 0.2) is 23.8 Å². The topological polar surface area (TPSA) is 0 Å². The number of rotatable bonds is 0. The molecule has 0 aromatic rings. The van der Waals surface area contributed by atoms with Crippen molar-refractivity contribution < 1.29 is 21.1 Å². The summed E-state index contributed by atoms with van der Waals surface area (Å²) < 4.78 is 0. The minimum atomic E-state index is 0. The normalized spacial score (nSPS) is 21.8. The molecule has 0 spiro atoms. The molecule has 1 heteroatoms. The maximum atomic E-state index is 3.93. The van der Waals surface area contributed by atoms with Crippen LogP contribution in [-0.2, 0) is 21.1 Å². The molecule has 0 nitrogen and oxygen atoms in total. The molecule has 0 radical (unpaired) electrons. The van der Waals surface area contributed by atoms with Crippen molar-refractivity contribution in [1.29, 1.82) is 0 Å². The molecule has 0 aliphatic heterocycles. The van der Waals surface area contributed by atoms with Crippen LogP contribution in [0.25, 0.3) is 0 Å². The Kier molecular flexibility index (Phi) is 14.4. The maximum absolute atomic E-state index is 3.93. The van der Waals surface area contributed by atoms with Crippen molar-refractivity contribution in [2.24, 2.45) is 0 Å². The average Bonchev–Trinajstić information content (AvgIpc) is 1.98. The van der Waals surface area contributed by atoms with Gasteiger partial charge in [-0.3, -0.25) is 0 Å². The van der Waals surface area contributed by atoms with Gasteiger partial charge in [-0.15, -0.1) is 0 Å². The van der Waals surface area contributed by atoms with Gasteiger partial charge >= 0.3 is 21.1 Å². The van der Waals surface area contributed by atoms with Crippen LogP contribution in [0.3, 0.4) is 0 Å². The van der Waals surface area contributed by atoms with Crippen molar-refractivity contribution >= 4 is 0 Å². The van der Waals surface area contributed by atoms with E-state index in [4.69, 9.17) is 0 Å². The van der Waals surface area contributed by atoms with E-state index in [1.54, 1.807) is 0 Å². The molecular formula is C12H20Pt. The van der Waals surface area contributed by atoms with E-state index in [-0.39, 0.29) is 21.1 Å². The SMILES string of the molecule is [CH2-]/C1=C/CC/C=C\CC1.[CH2-]CC.[Pt+2]. The fourth-order valence-corrected chi connectivity index (χ4v) is 0.990. The van der Waals surface area contributed by atoms with Gasteiger partial charge in [0.1, 0.15) is 0 Å². The quantitative estimate of drug-likeness (QED) is 0.451. The van der Waals surface area contributed by atoms with Crippen molar-refractivity contribution in [3.05, 3.63) is 37.6 Å². The van der Waals surface area contributed by atoms with E-state index in [0.717, 1.165) is 12.8 Å². The Morgan fingerprint density at radius 1 is 1.23 bits per heavy atom. The molecule has 0 atom stereocenters. The second-order valence-corrected chi connectivity index (χ2v) is 2.95. The Hall–Kier alpha value is 0.0383. The van der Waals surface area contributed by atoms with Gasteiger partial charge in [0.05, 0.1) is 0 Å². The van der Waals surface area contributed by atoms with Crippen molar-refractivity contribution in [2.45, 2.75) is 39.0 Å². The predicted octanol–water partition coefficient (Wildman–Crippen LogP) is 4.11. The number of allylic oxidation sites excluding steroid dienone is 4. The van der Waals surface area contributed by atoms with Crippen LogP contribution < -0.4 is 0 Å². The molecule has 0 unspecified atom stereocenters. The molecule has 0 heterocycles. The van der Waals surface area contributed by atoms with E-state index in [0.29, 0.717) is 0 Å². The van der Waals surface area contributed by atoms with Gasteiger partial charge in [-0.1, -0.05) is 31.9 Å². The molecule has 0 aromatic carbocycles. The van der Waals surface area contributed by atoms with Gasteiger partial charge in [0.2, 0.25) is 0 Å². The van der Waals surface area contributed by atoms with Crippen molar-refractivity contribution in [3.63, 3.8) is 0 Å². The summed E-state index contributed by atoms with van der Waals surface area (Å²) in [4.78, 5) is 0. The van der Waals surface area contributed by atoms with Crippen LogP contribution in [-0.4, -0.2) is 0 Å². The van der Waals surface area contributed by atoms with Gasteiger partial charge in [-0.2, -0.15) is 6.42 Å². The summed E-state index contributed by atoms with van der Waals surface area (Å²) in [5.74, 6) is 0. The van der Waals surface area contributed by atoms with Gasteiger partial charge < -0.3 is 6.92 Å². The van der Waals surface area contributed by atoms with E-state index in [1.807, 2.05) is 6.92 Å². The molecule has 0 saturated carbocycles. The summed E-state index contributed by atoms with van der Waals surface area (Å²) in [5.41, 5.74) is 1.30. The molecule has 1 aliphatic rings. The standard InChI is InChI=1S/C9H13.C3H7.Pt/c1-9-7-5-3-2-4-6-8-9;1-3-2;/h2-3,8H,1,4-7H2;1,3H2,2H3;/q2*-1;+2/b3-2-,9-8-;;. The Balaban J connectivity index is 0. The van der Waals surface area contributed by atoms with Gasteiger partial charge in [0.15, 0.2) is 0 Å². The van der Waals surface area contributed by atoms with Crippen molar-refractivity contribution in [1.82, 2.24) is 0 Å². The zero-order chi connectivity index (χ0) is 9.23. The van der Waals surface area contributed by atoms with Crippen LogP contribution in [0, 0.1) is 13.8 Å². The maximum Gasteiger partial charge on any atom is 2.00 e. The van der Waals surface area contributed by atoms with Crippen molar-refractivity contribution in [2.75, 3.05) is 0 Å². The first kappa shape index (κ1) is 15.5. The third kappa shape index (κ3) is 12.0. The third-order valence-electron chi connectivity index (χ3n) is 1.57. The van der Waals surface area contributed by atoms with Gasteiger partial charge in [-0.25, -0.2) is 18.6 Å². The molecule has 0 aromatic heterocycles. The van der Waals surface area contributed by atoms with E-state index in [9.17, 15) is 0 Å². The predicted molar refractivity (Wildman–Crippen MR) is 56.7 cm³/mol.